The first-order valence-corrected chi connectivity index (χ1v) is 9.06. The molecule has 1 unspecified atom stereocenters. The van der Waals surface area contributed by atoms with Gasteiger partial charge in [0.1, 0.15) is 10.7 Å². The Morgan fingerprint density at radius 1 is 1.55 bits per heavy atom. The minimum atomic E-state index is -3.04. The third-order valence-electron chi connectivity index (χ3n) is 2.99. The normalized spacial score (nSPS) is 21.4. The fourth-order valence-electron chi connectivity index (χ4n) is 2.11. The van der Waals surface area contributed by atoms with Crippen molar-refractivity contribution in [2.45, 2.75) is 25.8 Å². The van der Waals surface area contributed by atoms with E-state index in [1.165, 1.54) is 11.3 Å². The number of carbonyl (C=O) groups excluding carboxylic acids is 1. The molecule has 112 valence electrons. The zero-order chi connectivity index (χ0) is 14.8. The molecule has 0 saturated carbocycles. The van der Waals surface area contributed by atoms with Gasteiger partial charge in [0, 0.05) is 12.6 Å². The molecule has 0 aliphatic carbocycles. The Morgan fingerprint density at radius 2 is 2.30 bits per heavy atom. The van der Waals surface area contributed by atoms with Crippen molar-refractivity contribution < 1.29 is 13.2 Å². The average molecular weight is 318 g/mol. The molecule has 20 heavy (non-hydrogen) atoms. The van der Waals surface area contributed by atoms with Crippen LogP contribution in [0, 0.1) is 0 Å². The Morgan fingerprint density at radius 3 is 2.95 bits per heavy atom. The number of nitrogens with one attached hydrogen (secondary N) is 2. The summed E-state index contributed by atoms with van der Waals surface area (Å²) in [5.74, 6) is 0.0119. The molecule has 1 amide bonds. The highest BCUT2D eigenvalue weighted by molar-refractivity contribution is 7.91. The van der Waals surface area contributed by atoms with Crippen LogP contribution in [0.2, 0.25) is 0 Å². The monoisotopic (exact) mass is 318 g/mol. The van der Waals surface area contributed by atoms with E-state index in [4.69, 9.17) is 5.73 Å². The third-order valence-corrected chi connectivity index (χ3v) is 5.83. The van der Waals surface area contributed by atoms with Crippen LogP contribution in [0.1, 0.15) is 29.4 Å². The summed E-state index contributed by atoms with van der Waals surface area (Å²) < 4.78 is 23.1. The van der Waals surface area contributed by atoms with Crippen LogP contribution < -0.4 is 16.4 Å². The lowest BCUT2D eigenvalue weighted by Crippen LogP contribution is -2.43. The van der Waals surface area contributed by atoms with Crippen LogP contribution in [0.15, 0.2) is 0 Å². The summed E-state index contributed by atoms with van der Waals surface area (Å²) in [5.41, 5.74) is 5.71. The summed E-state index contributed by atoms with van der Waals surface area (Å²) in [6, 6.07) is -0.342. The third kappa shape index (κ3) is 3.60. The van der Waals surface area contributed by atoms with Gasteiger partial charge in [-0.3, -0.25) is 4.79 Å². The minimum Gasteiger partial charge on any atom is -0.382 e. The Balaban J connectivity index is 2.04. The first-order chi connectivity index (χ1) is 9.41. The predicted molar refractivity (Wildman–Crippen MR) is 79.8 cm³/mol. The van der Waals surface area contributed by atoms with Crippen LogP contribution in [0.3, 0.4) is 0 Å². The first kappa shape index (κ1) is 15.0. The van der Waals surface area contributed by atoms with E-state index in [2.05, 4.69) is 15.6 Å². The van der Waals surface area contributed by atoms with Crippen molar-refractivity contribution in [3.8, 4) is 0 Å². The number of hydrogen-bond acceptors (Lipinski definition) is 7. The average Bonchev–Trinajstić information content (AvgIpc) is 2.69. The van der Waals surface area contributed by atoms with E-state index in [0.717, 1.165) is 0 Å². The predicted octanol–water partition coefficient (Wildman–Crippen LogP) is 0.464. The lowest BCUT2D eigenvalue weighted by atomic mass is 10.2. The molecule has 1 saturated heterocycles. The number of aromatic nitrogens is 1. The number of carbonyl (C=O) groups is 1. The van der Waals surface area contributed by atoms with Crippen molar-refractivity contribution in [1.82, 2.24) is 10.3 Å². The maximum Gasteiger partial charge on any atom is 0.265 e. The number of nitrogens with two attached hydrogens (primary N) is 1. The Labute approximate surface area is 121 Å². The lowest BCUT2D eigenvalue weighted by Gasteiger charge is -2.22. The van der Waals surface area contributed by atoms with E-state index in [9.17, 15) is 13.2 Å². The number of nitrogen functional groups attached to an aromatic ring is 1. The van der Waals surface area contributed by atoms with Crippen LogP contribution in [0.25, 0.3) is 0 Å². The Kier molecular flexibility index (Phi) is 4.48. The van der Waals surface area contributed by atoms with Gasteiger partial charge in [-0.2, -0.15) is 0 Å². The molecule has 2 heterocycles. The summed E-state index contributed by atoms with van der Waals surface area (Å²) in [4.78, 5) is 16.5. The van der Waals surface area contributed by atoms with Gasteiger partial charge >= 0.3 is 0 Å². The molecule has 7 nitrogen and oxygen atoms in total. The van der Waals surface area contributed by atoms with Gasteiger partial charge in [0.2, 0.25) is 0 Å². The summed E-state index contributed by atoms with van der Waals surface area (Å²) in [6.45, 7) is 2.61. The molecule has 1 aliphatic rings. The van der Waals surface area contributed by atoms with Crippen molar-refractivity contribution >= 4 is 38.0 Å². The van der Waals surface area contributed by atoms with Crippen LogP contribution in [0.4, 0.5) is 10.9 Å². The summed E-state index contributed by atoms with van der Waals surface area (Å²) in [6.07, 6.45) is 1.25. The van der Waals surface area contributed by atoms with Gasteiger partial charge in [-0.25, -0.2) is 13.4 Å². The number of anilines is 2. The number of hydrogen-bond donors (Lipinski definition) is 3. The summed E-state index contributed by atoms with van der Waals surface area (Å²) in [7, 11) is -3.04. The lowest BCUT2D eigenvalue weighted by molar-refractivity contribution is 0.0943. The van der Waals surface area contributed by atoms with Gasteiger partial charge < -0.3 is 16.4 Å². The molecule has 2 rings (SSSR count). The van der Waals surface area contributed by atoms with Crippen LogP contribution in [-0.4, -0.2) is 43.4 Å². The van der Waals surface area contributed by atoms with Gasteiger partial charge in [-0.05, 0) is 19.8 Å². The van der Waals surface area contributed by atoms with Crippen molar-refractivity contribution in [3.05, 3.63) is 4.88 Å². The van der Waals surface area contributed by atoms with Crippen molar-refractivity contribution in [3.63, 3.8) is 0 Å². The molecule has 0 radical (unpaired) electrons. The number of rotatable bonds is 4. The second kappa shape index (κ2) is 5.96. The highest BCUT2D eigenvalue weighted by Gasteiger charge is 2.27. The number of nitrogens with zero attached hydrogens (tertiary/aromatic N) is 1. The molecule has 1 aliphatic heterocycles. The van der Waals surface area contributed by atoms with E-state index in [-0.39, 0.29) is 29.3 Å². The Bertz CT molecular complexity index is 597. The summed E-state index contributed by atoms with van der Waals surface area (Å²) >= 11 is 1.17. The molecule has 1 aromatic heterocycles. The quantitative estimate of drug-likeness (QED) is 0.743. The smallest absolute Gasteiger partial charge is 0.265 e. The fraction of sp³-hybridized carbons (Fsp3) is 0.636. The number of sulfone groups is 1. The largest absolute Gasteiger partial charge is 0.382 e. The molecule has 0 spiro atoms. The molecular formula is C11H18N4O3S2. The highest BCUT2D eigenvalue weighted by Crippen LogP contribution is 2.25. The maximum absolute atomic E-state index is 12.1. The van der Waals surface area contributed by atoms with E-state index in [0.29, 0.717) is 29.4 Å². The first-order valence-electron chi connectivity index (χ1n) is 6.42. The molecule has 0 bridgehead atoms. The van der Waals surface area contributed by atoms with Gasteiger partial charge in [0.05, 0.1) is 11.5 Å². The molecule has 0 aromatic carbocycles. The van der Waals surface area contributed by atoms with Gasteiger partial charge in [-0.15, -0.1) is 0 Å². The molecule has 1 aromatic rings. The van der Waals surface area contributed by atoms with E-state index < -0.39 is 9.84 Å². The van der Waals surface area contributed by atoms with E-state index >= 15 is 0 Å². The van der Waals surface area contributed by atoms with Crippen molar-refractivity contribution in [1.29, 1.82) is 0 Å². The SMILES string of the molecule is CCNc1nc(N)c(C(=O)NC2CCCS(=O)(=O)C2)s1. The summed E-state index contributed by atoms with van der Waals surface area (Å²) in [5, 5.41) is 6.31. The molecular weight excluding hydrogens is 300 g/mol. The topological polar surface area (TPSA) is 114 Å². The number of thiazole rings is 1. The highest BCUT2D eigenvalue weighted by atomic mass is 32.2. The molecule has 1 atom stereocenters. The van der Waals surface area contributed by atoms with Gasteiger partial charge in [0.25, 0.3) is 5.91 Å². The standard InChI is InChI=1S/C11H18N4O3S2/c1-2-13-11-15-9(12)8(19-11)10(16)14-7-4-3-5-20(17,18)6-7/h7H,2-6,12H2,1H3,(H,13,15)(H,14,16). The molecule has 9 heteroatoms. The van der Waals surface area contributed by atoms with Crippen molar-refractivity contribution in [2.24, 2.45) is 0 Å². The van der Waals surface area contributed by atoms with E-state index in [1.807, 2.05) is 6.92 Å². The fourth-order valence-corrected chi connectivity index (χ4v) is 4.60. The zero-order valence-corrected chi connectivity index (χ0v) is 12.8. The Hall–Kier alpha value is -1.35. The van der Waals surface area contributed by atoms with Crippen LogP contribution in [0.5, 0.6) is 0 Å². The maximum atomic E-state index is 12.1. The minimum absolute atomic E-state index is 0.00246. The van der Waals surface area contributed by atoms with Crippen LogP contribution >= 0.6 is 11.3 Å². The van der Waals surface area contributed by atoms with Gasteiger partial charge in [0.15, 0.2) is 15.0 Å². The van der Waals surface area contributed by atoms with Gasteiger partial charge in [-0.1, -0.05) is 11.3 Å². The van der Waals surface area contributed by atoms with Crippen LogP contribution in [-0.2, 0) is 9.84 Å². The van der Waals surface area contributed by atoms with Crippen molar-refractivity contribution in [2.75, 3.05) is 29.1 Å². The zero-order valence-electron chi connectivity index (χ0n) is 11.2. The molecule has 4 N–H and O–H groups in total. The van der Waals surface area contributed by atoms with E-state index in [1.54, 1.807) is 0 Å². The second-order valence-electron chi connectivity index (χ2n) is 4.69. The second-order valence-corrected chi connectivity index (χ2v) is 7.92. The molecule has 1 fully saturated rings. The number of amides is 1.